The third-order valence-corrected chi connectivity index (χ3v) is 13.2. The number of benzene rings is 5. The summed E-state index contributed by atoms with van der Waals surface area (Å²) < 4.78 is 25.8. The molecule has 0 bridgehead atoms. The molecule has 13 rings (SSSR count). The topological polar surface area (TPSA) is 48.7 Å². The molecule has 0 amide bonds. The first-order valence-electron chi connectivity index (χ1n) is 20.6. The van der Waals surface area contributed by atoms with Gasteiger partial charge in [0, 0.05) is 62.2 Å². The van der Waals surface area contributed by atoms with Crippen molar-refractivity contribution < 1.29 is 18.0 Å². The Morgan fingerprint density at radius 1 is 0.534 bits per heavy atom. The van der Waals surface area contributed by atoms with Crippen molar-refractivity contribution in [3.63, 3.8) is 0 Å². The number of ether oxygens (including phenoxy) is 1. The van der Waals surface area contributed by atoms with E-state index in [4.69, 9.17) is 18.0 Å². The van der Waals surface area contributed by atoms with E-state index in [9.17, 15) is 0 Å². The summed E-state index contributed by atoms with van der Waals surface area (Å²) in [6.45, 7) is 0. The molecule has 0 N–H and O–H groups in total. The summed E-state index contributed by atoms with van der Waals surface area (Å²) in [6, 6.07) is 36.9. The van der Waals surface area contributed by atoms with Gasteiger partial charge in [0.2, 0.25) is 0 Å². The van der Waals surface area contributed by atoms with E-state index in [0.717, 1.165) is 86.5 Å². The molecule has 4 nitrogen and oxygen atoms in total. The number of hydrogen-bond acceptors (Lipinski definition) is 4. The maximum absolute atomic E-state index is 6.52. The van der Waals surface area contributed by atoms with Crippen molar-refractivity contribution in [2.75, 3.05) is 0 Å². The van der Waals surface area contributed by atoms with E-state index < -0.39 is 0 Å². The van der Waals surface area contributed by atoms with Gasteiger partial charge in [-0.2, -0.15) is 0 Å². The molecule has 0 saturated heterocycles. The van der Waals surface area contributed by atoms with Gasteiger partial charge in [0.25, 0.3) is 0 Å². The second kappa shape index (κ2) is 12.4. The van der Waals surface area contributed by atoms with Crippen LogP contribution >= 0.6 is 0 Å². The molecule has 0 spiro atoms. The van der Waals surface area contributed by atoms with Crippen molar-refractivity contribution in [2.45, 2.75) is 37.7 Å². The van der Waals surface area contributed by atoms with Gasteiger partial charge < -0.3 is 18.0 Å². The van der Waals surface area contributed by atoms with Gasteiger partial charge in [-0.05, 0) is 107 Å². The molecule has 0 fully saturated rings. The number of hydrogen-bond donors (Lipinski definition) is 0. The van der Waals surface area contributed by atoms with E-state index in [0.29, 0.717) is 5.92 Å². The van der Waals surface area contributed by atoms with E-state index in [1.54, 1.807) is 0 Å². The minimum absolute atomic E-state index is 0.0110. The highest BCUT2D eigenvalue weighted by Crippen LogP contribution is 2.44. The fourth-order valence-electron chi connectivity index (χ4n) is 10.2. The van der Waals surface area contributed by atoms with Crippen LogP contribution in [0.25, 0.3) is 84.4 Å². The summed E-state index contributed by atoms with van der Waals surface area (Å²) in [5, 5.41) is 5.64. The molecule has 5 aromatic carbocycles. The fourth-order valence-corrected chi connectivity index (χ4v) is 10.2. The molecule has 4 atom stereocenters. The largest absolute Gasteiger partial charge is 0.485 e. The van der Waals surface area contributed by atoms with Gasteiger partial charge in [0.05, 0.1) is 0 Å². The Morgan fingerprint density at radius 2 is 1.28 bits per heavy atom. The molecular formula is C54H38O4. The van der Waals surface area contributed by atoms with Gasteiger partial charge in [0.1, 0.15) is 45.4 Å². The minimum atomic E-state index is -0.0110. The lowest BCUT2D eigenvalue weighted by atomic mass is 9.79. The van der Waals surface area contributed by atoms with Crippen LogP contribution in [0.15, 0.2) is 170 Å². The predicted molar refractivity (Wildman–Crippen MR) is 233 cm³/mol. The molecule has 1 aliphatic heterocycles. The minimum Gasteiger partial charge on any atom is -0.485 e. The fraction of sp³-hybridized carbons (Fsp3) is 0.148. The summed E-state index contributed by atoms with van der Waals surface area (Å²) in [5.74, 6) is 2.92. The molecule has 0 radical (unpaired) electrons. The number of furan rings is 3. The van der Waals surface area contributed by atoms with E-state index in [1.165, 1.54) is 49.7 Å². The van der Waals surface area contributed by atoms with Crippen molar-refractivity contribution in [1.29, 1.82) is 0 Å². The van der Waals surface area contributed by atoms with Crippen LogP contribution in [0.1, 0.15) is 42.1 Å². The van der Waals surface area contributed by atoms with Crippen molar-refractivity contribution in [1.82, 2.24) is 0 Å². The summed E-state index contributed by atoms with van der Waals surface area (Å²) in [4.78, 5) is 0. The van der Waals surface area contributed by atoms with Crippen LogP contribution in [0.2, 0.25) is 0 Å². The Balaban J connectivity index is 0.822. The number of rotatable bonds is 4. The van der Waals surface area contributed by atoms with E-state index in [-0.39, 0.29) is 17.9 Å². The van der Waals surface area contributed by atoms with E-state index >= 15 is 0 Å². The Bertz CT molecular complexity index is 3340. The van der Waals surface area contributed by atoms with Crippen LogP contribution < -0.4 is 10.6 Å². The summed E-state index contributed by atoms with van der Waals surface area (Å²) in [6.07, 6.45) is 24.9. The molecule has 4 heterocycles. The van der Waals surface area contributed by atoms with Gasteiger partial charge in [-0.3, -0.25) is 0 Å². The standard InChI is InChI=1S/C54H38O4/c1-3-8-31(9-4-1)35-14-18-47-39(23-35)43-27-45-41-25-37(16-20-49(41)57-53(45)29-51(43)55-47)33-12-7-13-34(22-33)38-17-21-50-42(26-38)46-28-44-40-24-36(32-10-5-2-6-11-32)15-19-48(40)56-52(44)30-54(46)58-50/h1,3-5,7-23,25,27-30,36,38,44,52H,2,6,24,26H2. The van der Waals surface area contributed by atoms with E-state index in [1.807, 2.05) is 6.07 Å². The van der Waals surface area contributed by atoms with Gasteiger partial charge in [-0.15, -0.1) is 0 Å². The summed E-state index contributed by atoms with van der Waals surface area (Å²) in [7, 11) is 0. The molecule has 278 valence electrons. The average molecular weight is 751 g/mol. The van der Waals surface area contributed by atoms with Crippen molar-refractivity contribution in [2.24, 2.45) is 11.8 Å². The monoisotopic (exact) mass is 750 g/mol. The SMILES string of the molecule is C1=CC(C2C=CC3=C(C2)C2C=c4c5c(oc4=CC2O3)C=CC(c2cccc(-c3ccc4oc6cc7oc8ccc(-c9ccccc9)cc8c7cc6c4c3)c2)C5)=CCC1. The average Bonchev–Trinajstić information content (AvgIpc) is 4.03. The third-order valence-electron chi connectivity index (χ3n) is 13.2. The van der Waals surface area contributed by atoms with Gasteiger partial charge in [-0.1, -0.05) is 103 Å². The third kappa shape index (κ3) is 5.00. The molecule has 0 saturated carbocycles. The molecule has 3 aromatic heterocycles. The maximum atomic E-state index is 6.52. The van der Waals surface area contributed by atoms with Crippen LogP contribution in [-0.2, 0) is 11.2 Å². The summed E-state index contributed by atoms with van der Waals surface area (Å²) in [5.41, 5.74) is 14.6. The smallest absolute Gasteiger partial charge is 0.139 e. The van der Waals surface area contributed by atoms with Crippen molar-refractivity contribution >= 4 is 62.1 Å². The Hall–Kier alpha value is -6.78. The zero-order valence-corrected chi connectivity index (χ0v) is 31.8. The summed E-state index contributed by atoms with van der Waals surface area (Å²) >= 11 is 0. The molecule has 8 aromatic rings. The van der Waals surface area contributed by atoms with Crippen LogP contribution in [0, 0.1) is 11.8 Å². The molecule has 4 aliphatic carbocycles. The lowest BCUT2D eigenvalue weighted by molar-refractivity contribution is 0.189. The number of fused-ring (bicyclic) bond motifs is 11. The highest BCUT2D eigenvalue weighted by molar-refractivity contribution is 6.16. The molecule has 58 heavy (non-hydrogen) atoms. The van der Waals surface area contributed by atoms with Crippen LogP contribution in [-0.4, -0.2) is 6.10 Å². The first-order valence-corrected chi connectivity index (χ1v) is 20.6. The Morgan fingerprint density at radius 3 is 2.07 bits per heavy atom. The second-order valence-corrected chi connectivity index (χ2v) is 16.5. The van der Waals surface area contributed by atoms with Gasteiger partial charge in [0.15, 0.2) is 0 Å². The molecular weight excluding hydrogens is 713 g/mol. The highest BCUT2D eigenvalue weighted by Gasteiger charge is 2.38. The maximum Gasteiger partial charge on any atom is 0.139 e. The zero-order chi connectivity index (χ0) is 37.9. The molecule has 5 aliphatic rings. The van der Waals surface area contributed by atoms with Crippen molar-refractivity contribution in [3.05, 3.63) is 184 Å². The lowest BCUT2D eigenvalue weighted by Crippen LogP contribution is -2.34. The van der Waals surface area contributed by atoms with Crippen molar-refractivity contribution in [3.8, 4) is 22.3 Å². The van der Waals surface area contributed by atoms with Crippen LogP contribution in [0.5, 0.6) is 0 Å². The van der Waals surface area contributed by atoms with E-state index in [2.05, 4.69) is 152 Å². The first-order chi connectivity index (χ1) is 28.7. The first kappa shape index (κ1) is 32.3. The lowest BCUT2D eigenvalue weighted by Gasteiger charge is -2.23. The quantitative estimate of drug-likeness (QED) is 0.180. The van der Waals surface area contributed by atoms with Crippen LogP contribution in [0.3, 0.4) is 0 Å². The molecule has 4 heteroatoms. The van der Waals surface area contributed by atoms with Crippen LogP contribution in [0.4, 0.5) is 0 Å². The van der Waals surface area contributed by atoms with Gasteiger partial charge in [-0.25, -0.2) is 0 Å². The Labute approximate surface area is 334 Å². The molecule has 4 unspecified atom stereocenters. The normalized spacial score (nSPS) is 21.8. The second-order valence-electron chi connectivity index (χ2n) is 16.5. The highest BCUT2D eigenvalue weighted by atomic mass is 16.5. The van der Waals surface area contributed by atoms with Gasteiger partial charge >= 0.3 is 0 Å². The Kier molecular flexibility index (Phi) is 6.89. The number of allylic oxidation sites excluding steroid dienone is 7. The predicted octanol–water partition coefficient (Wildman–Crippen LogP) is 12.5. The zero-order valence-electron chi connectivity index (χ0n) is 31.8.